The predicted octanol–water partition coefficient (Wildman–Crippen LogP) is 3.94. The molecule has 0 fully saturated rings. The van der Waals surface area contributed by atoms with Gasteiger partial charge in [0.15, 0.2) is 5.82 Å². The first-order valence-electron chi connectivity index (χ1n) is 6.68. The lowest BCUT2D eigenvalue weighted by Crippen LogP contribution is -1.95. The molecule has 0 radical (unpaired) electrons. The summed E-state index contributed by atoms with van der Waals surface area (Å²) in [5.41, 5.74) is 2.68. The summed E-state index contributed by atoms with van der Waals surface area (Å²) in [6, 6.07) is 14.1. The van der Waals surface area contributed by atoms with Crippen molar-refractivity contribution in [1.82, 2.24) is 14.9 Å². The highest BCUT2D eigenvalue weighted by molar-refractivity contribution is 7.71. The summed E-state index contributed by atoms with van der Waals surface area (Å²) in [5, 5.41) is 11.3. The number of aromatic amines is 1. The first-order valence-corrected chi connectivity index (χ1v) is 7.09. The lowest BCUT2D eigenvalue weighted by Gasteiger charge is -2.02. The van der Waals surface area contributed by atoms with E-state index in [0.29, 0.717) is 16.2 Å². The highest BCUT2D eigenvalue weighted by Crippen LogP contribution is 2.18. The van der Waals surface area contributed by atoms with Crippen molar-refractivity contribution in [3.05, 3.63) is 70.2 Å². The molecule has 0 aliphatic heterocycles. The normalized spacial score (nSPS) is 11.2. The van der Waals surface area contributed by atoms with Gasteiger partial charge in [-0.15, -0.1) is 0 Å². The first-order chi connectivity index (χ1) is 10.6. The fraction of sp³-hybridized carbons (Fsp3) is 0.0625. The Morgan fingerprint density at radius 2 is 2.05 bits per heavy atom. The Kier molecular flexibility index (Phi) is 3.93. The summed E-state index contributed by atoms with van der Waals surface area (Å²) in [4.78, 5) is 0. The second kappa shape index (κ2) is 6.03. The molecule has 0 amide bonds. The molecule has 1 aromatic heterocycles. The summed E-state index contributed by atoms with van der Waals surface area (Å²) >= 11 is 5.20. The first kappa shape index (κ1) is 14.3. The van der Waals surface area contributed by atoms with E-state index < -0.39 is 0 Å². The molecule has 0 spiro atoms. The molecule has 22 heavy (non-hydrogen) atoms. The monoisotopic (exact) mass is 312 g/mol. The zero-order chi connectivity index (χ0) is 15.5. The predicted molar refractivity (Wildman–Crippen MR) is 87.0 cm³/mol. The molecule has 2 aromatic carbocycles. The lowest BCUT2D eigenvalue weighted by atomic mass is 10.1. The molecule has 3 rings (SSSR count). The summed E-state index contributed by atoms with van der Waals surface area (Å²) < 4.78 is 15.1. The van der Waals surface area contributed by atoms with Crippen LogP contribution < -0.4 is 0 Å². The van der Waals surface area contributed by atoms with E-state index in [-0.39, 0.29) is 5.82 Å². The van der Waals surface area contributed by atoms with Gasteiger partial charge in [-0.1, -0.05) is 35.9 Å². The minimum atomic E-state index is -0.307. The number of benzene rings is 2. The molecule has 110 valence electrons. The molecule has 0 bridgehead atoms. The van der Waals surface area contributed by atoms with Gasteiger partial charge in [0, 0.05) is 5.56 Å². The lowest BCUT2D eigenvalue weighted by molar-refractivity contribution is 0.627. The van der Waals surface area contributed by atoms with Crippen molar-refractivity contribution < 1.29 is 4.39 Å². The van der Waals surface area contributed by atoms with Crippen molar-refractivity contribution in [2.24, 2.45) is 5.10 Å². The van der Waals surface area contributed by atoms with Gasteiger partial charge in [0.05, 0.1) is 6.21 Å². The van der Waals surface area contributed by atoms with Crippen LogP contribution in [0.25, 0.3) is 11.4 Å². The number of nitrogens with zero attached hydrogens (tertiary/aromatic N) is 3. The van der Waals surface area contributed by atoms with Crippen LogP contribution in [0, 0.1) is 17.5 Å². The van der Waals surface area contributed by atoms with Gasteiger partial charge in [0.25, 0.3) is 0 Å². The maximum Gasteiger partial charge on any atom is 0.216 e. The van der Waals surface area contributed by atoms with E-state index in [1.807, 2.05) is 31.2 Å². The molecule has 1 heterocycles. The minimum Gasteiger partial charge on any atom is -0.250 e. The molecule has 0 saturated heterocycles. The van der Waals surface area contributed by atoms with Gasteiger partial charge in [-0.3, -0.25) is 0 Å². The van der Waals surface area contributed by atoms with Crippen molar-refractivity contribution in [3.8, 4) is 11.4 Å². The van der Waals surface area contributed by atoms with Crippen molar-refractivity contribution in [3.63, 3.8) is 0 Å². The molecular formula is C16H13FN4S. The Morgan fingerprint density at radius 1 is 1.23 bits per heavy atom. The topological polar surface area (TPSA) is 46.0 Å². The number of aryl methyl sites for hydroxylation is 1. The van der Waals surface area contributed by atoms with Gasteiger partial charge in [-0.25, -0.2) is 9.49 Å². The molecule has 0 aliphatic carbocycles. The molecule has 6 heteroatoms. The summed E-state index contributed by atoms with van der Waals surface area (Å²) in [7, 11) is 0. The molecule has 0 saturated carbocycles. The molecule has 0 atom stereocenters. The second-order valence-electron chi connectivity index (χ2n) is 4.83. The Labute approximate surface area is 131 Å². The number of H-pyrrole nitrogens is 1. The molecule has 0 unspecified atom stereocenters. The third kappa shape index (κ3) is 3.01. The van der Waals surface area contributed by atoms with Crippen LogP contribution in [0.5, 0.6) is 0 Å². The van der Waals surface area contributed by atoms with Crippen molar-refractivity contribution in [2.45, 2.75) is 6.92 Å². The van der Waals surface area contributed by atoms with Crippen LogP contribution in [-0.4, -0.2) is 21.1 Å². The fourth-order valence-electron chi connectivity index (χ4n) is 2.08. The number of halogens is 1. The largest absolute Gasteiger partial charge is 0.250 e. The summed E-state index contributed by atoms with van der Waals surface area (Å²) in [6.07, 6.45) is 1.55. The average Bonchev–Trinajstić information content (AvgIpc) is 2.86. The Hall–Kier alpha value is -2.60. The van der Waals surface area contributed by atoms with E-state index in [1.54, 1.807) is 18.3 Å². The van der Waals surface area contributed by atoms with E-state index in [2.05, 4.69) is 15.3 Å². The number of hydrogen-bond donors (Lipinski definition) is 1. The highest BCUT2D eigenvalue weighted by atomic mass is 32.1. The van der Waals surface area contributed by atoms with E-state index in [1.165, 1.54) is 16.8 Å². The number of nitrogens with one attached hydrogen (secondary N) is 1. The van der Waals surface area contributed by atoms with Gasteiger partial charge in [0.2, 0.25) is 4.77 Å². The van der Waals surface area contributed by atoms with Gasteiger partial charge in [-0.05, 0) is 42.9 Å². The molecule has 1 N–H and O–H groups in total. The van der Waals surface area contributed by atoms with E-state index >= 15 is 0 Å². The zero-order valence-electron chi connectivity index (χ0n) is 11.8. The zero-order valence-corrected chi connectivity index (χ0v) is 12.6. The van der Waals surface area contributed by atoms with E-state index in [4.69, 9.17) is 12.2 Å². The quantitative estimate of drug-likeness (QED) is 0.588. The number of hydrogen-bond acceptors (Lipinski definition) is 3. The summed E-state index contributed by atoms with van der Waals surface area (Å²) in [5.74, 6) is 0.306. The van der Waals surface area contributed by atoms with Gasteiger partial charge in [0.1, 0.15) is 5.82 Å². The van der Waals surface area contributed by atoms with Crippen LogP contribution >= 0.6 is 12.2 Å². The molecule has 3 aromatic rings. The van der Waals surface area contributed by atoms with Crippen LogP contribution in [0.3, 0.4) is 0 Å². The third-order valence-electron chi connectivity index (χ3n) is 3.10. The number of aromatic nitrogens is 3. The van der Waals surface area contributed by atoms with Crippen LogP contribution in [0.15, 0.2) is 53.6 Å². The highest BCUT2D eigenvalue weighted by Gasteiger charge is 2.07. The number of rotatable bonds is 3. The van der Waals surface area contributed by atoms with E-state index in [9.17, 15) is 4.39 Å². The molecule has 0 aliphatic rings. The van der Waals surface area contributed by atoms with Gasteiger partial charge >= 0.3 is 0 Å². The fourth-order valence-corrected chi connectivity index (χ4v) is 2.26. The van der Waals surface area contributed by atoms with Crippen molar-refractivity contribution in [1.29, 1.82) is 0 Å². The van der Waals surface area contributed by atoms with Crippen LogP contribution in [0.2, 0.25) is 0 Å². The molecule has 4 nitrogen and oxygen atoms in total. The maximum atomic E-state index is 13.2. The van der Waals surface area contributed by atoms with Gasteiger partial charge < -0.3 is 0 Å². The van der Waals surface area contributed by atoms with Crippen LogP contribution in [-0.2, 0) is 0 Å². The van der Waals surface area contributed by atoms with Crippen molar-refractivity contribution in [2.75, 3.05) is 0 Å². The average molecular weight is 312 g/mol. The molecular weight excluding hydrogens is 299 g/mol. The Bertz CT molecular complexity index is 895. The van der Waals surface area contributed by atoms with Crippen molar-refractivity contribution >= 4 is 18.4 Å². The minimum absolute atomic E-state index is 0.307. The Morgan fingerprint density at radius 3 is 2.82 bits per heavy atom. The second-order valence-corrected chi connectivity index (χ2v) is 5.22. The van der Waals surface area contributed by atoms with Gasteiger partial charge in [-0.2, -0.15) is 14.9 Å². The SMILES string of the molecule is Cc1cccc(-c2n[nH]c(=S)n2/N=C/c2cccc(F)c2)c1. The standard InChI is InChI=1S/C16H13FN4S/c1-11-4-2-6-13(8-11)15-19-20-16(22)21(15)18-10-12-5-3-7-14(17)9-12/h2-10H,1H3,(H,20,22)/b18-10+. The smallest absolute Gasteiger partial charge is 0.216 e. The third-order valence-corrected chi connectivity index (χ3v) is 3.36. The Balaban J connectivity index is 2.01. The van der Waals surface area contributed by atoms with Crippen LogP contribution in [0.4, 0.5) is 4.39 Å². The van der Waals surface area contributed by atoms with Crippen LogP contribution in [0.1, 0.15) is 11.1 Å². The summed E-state index contributed by atoms with van der Waals surface area (Å²) in [6.45, 7) is 2.01. The van der Waals surface area contributed by atoms with E-state index in [0.717, 1.165) is 11.1 Å². The maximum absolute atomic E-state index is 13.2.